The molecule has 2 heterocycles. The van der Waals surface area contributed by atoms with Gasteiger partial charge in [0.25, 0.3) is 5.91 Å². The average Bonchev–Trinajstić information content (AvgIpc) is 2.85. The van der Waals surface area contributed by atoms with Crippen molar-refractivity contribution in [3.05, 3.63) is 22.7 Å². The largest absolute Gasteiger partial charge is 0.496 e. The summed E-state index contributed by atoms with van der Waals surface area (Å²) >= 11 is 6.10. The Balaban J connectivity index is 1.54. The number of likely N-dealkylation sites (tertiary alicyclic amines) is 2. The van der Waals surface area contributed by atoms with Crippen LogP contribution in [0.5, 0.6) is 5.75 Å². The van der Waals surface area contributed by atoms with E-state index in [4.69, 9.17) is 31.5 Å². The van der Waals surface area contributed by atoms with E-state index in [9.17, 15) is 14.4 Å². The first-order chi connectivity index (χ1) is 16.3. The maximum absolute atomic E-state index is 12.9. The molecule has 2 aliphatic rings. The number of nitrogens with two attached hydrogens (primary N) is 1. The van der Waals surface area contributed by atoms with Crippen molar-refractivity contribution >= 4 is 35.1 Å². The highest BCUT2D eigenvalue weighted by molar-refractivity contribution is 6.33. The van der Waals surface area contributed by atoms with Crippen LogP contribution in [0.3, 0.4) is 0 Å². The number of nitrogens with one attached hydrogen (secondary N) is 1. The normalized spacial score (nSPS) is 21.7. The predicted octanol–water partition coefficient (Wildman–Crippen LogP) is 1.16. The number of hydrogen-bond donors (Lipinski definition) is 2. The SMILES string of the molecule is COC(=O)C1CCN(C(=O)CN2CC[C@@H](NC(=O)c3cc(Cl)c(N)cc3OC)[C@@H](OC)C2)CC1. The van der Waals surface area contributed by atoms with E-state index in [0.29, 0.717) is 62.4 Å². The summed E-state index contributed by atoms with van der Waals surface area (Å²) in [6.45, 7) is 2.50. The summed E-state index contributed by atoms with van der Waals surface area (Å²) < 4.78 is 15.7. The van der Waals surface area contributed by atoms with Gasteiger partial charge in [-0.3, -0.25) is 19.3 Å². The topological polar surface area (TPSA) is 123 Å². The minimum absolute atomic E-state index is 0.0295. The molecule has 2 saturated heterocycles. The highest BCUT2D eigenvalue weighted by atomic mass is 35.5. The molecule has 1 aromatic rings. The van der Waals surface area contributed by atoms with Crippen LogP contribution in [0.2, 0.25) is 5.02 Å². The molecule has 0 aliphatic carbocycles. The van der Waals surface area contributed by atoms with Gasteiger partial charge in [-0.25, -0.2) is 0 Å². The van der Waals surface area contributed by atoms with Crippen LogP contribution in [0, 0.1) is 5.92 Å². The number of nitrogens with zero attached hydrogens (tertiary/aromatic N) is 2. The first kappa shape index (κ1) is 26.1. The van der Waals surface area contributed by atoms with Crippen molar-refractivity contribution in [3.63, 3.8) is 0 Å². The van der Waals surface area contributed by atoms with Crippen molar-refractivity contribution in [2.45, 2.75) is 31.4 Å². The van der Waals surface area contributed by atoms with Crippen LogP contribution in [-0.2, 0) is 19.1 Å². The van der Waals surface area contributed by atoms with Gasteiger partial charge >= 0.3 is 5.97 Å². The lowest BCUT2D eigenvalue weighted by Gasteiger charge is -2.39. The van der Waals surface area contributed by atoms with Gasteiger partial charge in [0.05, 0.1) is 55.1 Å². The predicted molar refractivity (Wildman–Crippen MR) is 127 cm³/mol. The lowest BCUT2D eigenvalue weighted by Crippen LogP contribution is -2.56. The Kier molecular flexibility index (Phi) is 8.98. The standard InChI is InChI=1S/C23H33ClN4O6/c1-32-19-11-17(25)16(24)10-15(19)22(30)26-18-6-7-27(12-20(18)33-2)13-21(29)28-8-4-14(5-9-28)23(31)34-3/h10-11,14,18,20H,4-9,12-13,25H2,1-3H3,(H,26,30)/t18-,20+/m1/s1. The van der Waals surface area contributed by atoms with Gasteiger partial charge in [-0.05, 0) is 25.3 Å². The number of hydrogen-bond acceptors (Lipinski definition) is 8. The molecule has 2 atom stereocenters. The molecule has 11 heteroatoms. The quantitative estimate of drug-likeness (QED) is 0.426. The van der Waals surface area contributed by atoms with E-state index < -0.39 is 0 Å². The van der Waals surface area contributed by atoms with Gasteiger partial charge in [-0.15, -0.1) is 0 Å². The van der Waals surface area contributed by atoms with Gasteiger partial charge in [0.2, 0.25) is 5.91 Å². The molecule has 2 amide bonds. The monoisotopic (exact) mass is 496 g/mol. The molecular weight excluding hydrogens is 464 g/mol. The van der Waals surface area contributed by atoms with Crippen LogP contribution >= 0.6 is 11.6 Å². The molecule has 0 unspecified atom stereocenters. The van der Waals surface area contributed by atoms with Crippen LogP contribution in [0.15, 0.2) is 12.1 Å². The molecule has 1 aromatic carbocycles. The van der Waals surface area contributed by atoms with Gasteiger partial charge < -0.3 is 30.2 Å². The summed E-state index contributed by atoms with van der Waals surface area (Å²) in [5.41, 5.74) is 6.43. The molecule has 3 rings (SSSR count). The van der Waals surface area contributed by atoms with E-state index >= 15 is 0 Å². The number of carbonyl (C=O) groups is 3. The van der Waals surface area contributed by atoms with Gasteiger partial charge in [0, 0.05) is 39.4 Å². The third kappa shape index (κ3) is 6.11. The van der Waals surface area contributed by atoms with Crippen molar-refractivity contribution in [3.8, 4) is 5.75 Å². The number of amides is 2. The minimum atomic E-state index is -0.330. The van der Waals surface area contributed by atoms with Crippen LogP contribution in [-0.4, -0.2) is 93.8 Å². The summed E-state index contributed by atoms with van der Waals surface area (Å²) in [6, 6.07) is 2.78. The zero-order valence-electron chi connectivity index (χ0n) is 19.8. The number of anilines is 1. The first-order valence-corrected chi connectivity index (χ1v) is 11.7. The lowest BCUT2D eigenvalue weighted by atomic mass is 9.97. The van der Waals surface area contributed by atoms with Crippen molar-refractivity contribution < 1.29 is 28.6 Å². The van der Waals surface area contributed by atoms with Crippen LogP contribution < -0.4 is 15.8 Å². The third-order valence-corrected chi connectivity index (χ3v) is 6.89. The van der Waals surface area contributed by atoms with Crippen LogP contribution in [0.1, 0.15) is 29.6 Å². The zero-order chi connectivity index (χ0) is 24.8. The number of halogens is 1. The number of rotatable bonds is 7. The van der Waals surface area contributed by atoms with Gasteiger partial charge in [-0.2, -0.15) is 0 Å². The number of carbonyl (C=O) groups excluding carboxylic acids is 3. The molecule has 2 fully saturated rings. The van der Waals surface area contributed by atoms with Crippen LogP contribution in [0.25, 0.3) is 0 Å². The molecule has 188 valence electrons. The molecule has 0 saturated carbocycles. The Labute approximate surface area is 204 Å². The smallest absolute Gasteiger partial charge is 0.308 e. The Morgan fingerprint density at radius 2 is 1.82 bits per heavy atom. The first-order valence-electron chi connectivity index (χ1n) is 11.3. The number of esters is 1. The van der Waals surface area contributed by atoms with Gasteiger partial charge in [0.15, 0.2) is 0 Å². The van der Waals surface area contributed by atoms with E-state index in [0.717, 1.165) is 0 Å². The molecule has 2 aliphatic heterocycles. The highest BCUT2D eigenvalue weighted by Gasteiger charge is 2.34. The molecular formula is C23H33ClN4O6. The number of ether oxygens (including phenoxy) is 3. The lowest BCUT2D eigenvalue weighted by molar-refractivity contribution is -0.149. The van der Waals surface area contributed by atoms with Crippen molar-refractivity contribution in [1.29, 1.82) is 0 Å². The Morgan fingerprint density at radius 3 is 2.44 bits per heavy atom. The summed E-state index contributed by atoms with van der Waals surface area (Å²) in [4.78, 5) is 41.3. The molecule has 10 nitrogen and oxygen atoms in total. The fourth-order valence-corrected chi connectivity index (χ4v) is 4.68. The molecule has 0 bridgehead atoms. The average molecular weight is 497 g/mol. The van der Waals surface area contributed by atoms with E-state index in [-0.39, 0.29) is 47.4 Å². The second-order valence-electron chi connectivity index (χ2n) is 8.63. The van der Waals surface area contributed by atoms with Crippen LogP contribution in [0.4, 0.5) is 5.69 Å². The summed E-state index contributed by atoms with van der Waals surface area (Å²) in [5.74, 6) is -0.308. The van der Waals surface area contributed by atoms with E-state index in [2.05, 4.69) is 5.32 Å². The maximum Gasteiger partial charge on any atom is 0.308 e. The van der Waals surface area contributed by atoms with E-state index in [1.165, 1.54) is 26.4 Å². The van der Waals surface area contributed by atoms with Gasteiger partial charge in [0.1, 0.15) is 5.75 Å². The second kappa shape index (κ2) is 11.7. The van der Waals surface area contributed by atoms with E-state index in [1.807, 2.05) is 4.90 Å². The number of benzene rings is 1. The number of nitrogen functional groups attached to an aromatic ring is 1. The Hall–Kier alpha value is -2.56. The Bertz CT molecular complexity index is 906. The molecule has 34 heavy (non-hydrogen) atoms. The van der Waals surface area contributed by atoms with Crippen molar-refractivity contribution in [2.75, 3.05) is 59.8 Å². The molecule has 0 aromatic heterocycles. The Morgan fingerprint density at radius 1 is 1.12 bits per heavy atom. The van der Waals surface area contributed by atoms with Crippen molar-refractivity contribution in [1.82, 2.24) is 15.1 Å². The third-order valence-electron chi connectivity index (χ3n) is 6.57. The zero-order valence-corrected chi connectivity index (χ0v) is 20.6. The summed E-state index contributed by atoms with van der Waals surface area (Å²) in [5, 5.41) is 3.28. The molecule has 3 N–H and O–H groups in total. The minimum Gasteiger partial charge on any atom is -0.496 e. The number of piperidine rings is 2. The highest BCUT2D eigenvalue weighted by Crippen LogP contribution is 2.29. The number of methoxy groups -OCH3 is 3. The second-order valence-corrected chi connectivity index (χ2v) is 9.04. The fraction of sp³-hybridized carbons (Fsp3) is 0.609. The maximum atomic E-state index is 12.9. The van der Waals surface area contributed by atoms with Crippen molar-refractivity contribution in [2.24, 2.45) is 5.92 Å². The fourth-order valence-electron chi connectivity index (χ4n) is 4.51. The summed E-state index contributed by atoms with van der Waals surface area (Å²) in [7, 11) is 4.44. The summed E-state index contributed by atoms with van der Waals surface area (Å²) in [6.07, 6.45) is 1.57. The molecule has 0 radical (unpaired) electrons. The molecule has 0 spiro atoms. The van der Waals surface area contributed by atoms with E-state index in [1.54, 1.807) is 12.0 Å². The van der Waals surface area contributed by atoms with Gasteiger partial charge in [-0.1, -0.05) is 11.6 Å².